The van der Waals surface area contributed by atoms with E-state index in [-0.39, 0.29) is 0 Å². The standard InChI is InChI=1S/C14H24N2O2S2/c1-3-10-16(11-13-6-8-15-9-7-13)20(17,18)14-5-4-12(2)19-14/h4-5,13,15H,3,6-11H2,1-2H3. The maximum Gasteiger partial charge on any atom is 0.252 e. The lowest BCUT2D eigenvalue weighted by molar-refractivity contribution is 0.288. The molecule has 1 aromatic rings. The minimum absolute atomic E-state index is 0.484. The van der Waals surface area contributed by atoms with Crippen molar-refractivity contribution in [1.29, 1.82) is 0 Å². The SMILES string of the molecule is CCCN(CC1CCNCC1)S(=O)(=O)c1ccc(C)s1. The molecular weight excluding hydrogens is 292 g/mol. The molecule has 1 N–H and O–H groups in total. The monoisotopic (exact) mass is 316 g/mol. The average molecular weight is 316 g/mol. The van der Waals surface area contributed by atoms with Gasteiger partial charge in [-0.15, -0.1) is 11.3 Å². The molecule has 1 fully saturated rings. The van der Waals surface area contributed by atoms with Gasteiger partial charge in [-0.1, -0.05) is 6.92 Å². The summed E-state index contributed by atoms with van der Waals surface area (Å²) in [5, 5.41) is 3.33. The Hall–Kier alpha value is -0.430. The molecule has 0 bridgehead atoms. The van der Waals surface area contributed by atoms with Crippen molar-refractivity contribution in [1.82, 2.24) is 9.62 Å². The summed E-state index contributed by atoms with van der Waals surface area (Å²) in [4.78, 5) is 1.04. The molecule has 20 heavy (non-hydrogen) atoms. The zero-order valence-corrected chi connectivity index (χ0v) is 13.9. The lowest BCUT2D eigenvalue weighted by Crippen LogP contribution is -2.39. The number of rotatable bonds is 6. The fourth-order valence-corrected chi connectivity index (χ4v) is 5.64. The molecule has 1 aliphatic rings. The molecule has 1 saturated heterocycles. The van der Waals surface area contributed by atoms with Crippen LogP contribution in [0.2, 0.25) is 0 Å². The van der Waals surface area contributed by atoms with Gasteiger partial charge in [0.05, 0.1) is 0 Å². The summed E-state index contributed by atoms with van der Waals surface area (Å²) >= 11 is 1.37. The first kappa shape index (κ1) is 15.9. The Morgan fingerprint density at radius 1 is 1.35 bits per heavy atom. The van der Waals surface area contributed by atoms with Crippen LogP contribution in [0.1, 0.15) is 31.1 Å². The Kier molecular flexibility index (Phi) is 5.60. The lowest BCUT2D eigenvalue weighted by atomic mass is 9.98. The van der Waals surface area contributed by atoms with Crippen LogP contribution >= 0.6 is 11.3 Å². The van der Waals surface area contributed by atoms with Crippen molar-refractivity contribution in [2.75, 3.05) is 26.2 Å². The van der Waals surface area contributed by atoms with Crippen LogP contribution in [0, 0.1) is 12.8 Å². The molecule has 0 aromatic carbocycles. The molecule has 0 saturated carbocycles. The van der Waals surface area contributed by atoms with Crippen molar-refractivity contribution >= 4 is 21.4 Å². The highest BCUT2D eigenvalue weighted by Gasteiger charge is 2.28. The Balaban J connectivity index is 2.14. The van der Waals surface area contributed by atoms with E-state index >= 15 is 0 Å². The minimum Gasteiger partial charge on any atom is -0.317 e. The van der Waals surface area contributed by atoms with E-state index in [4.69, 9.17) is 0 Å². The van der Waals surface area contributed by atoms with Crippen molar-refractivity contribution in [3.8, 4) is 0 Å². The van der Waals surface area contributed by atoms with Gasteiger partial charge in [0.15, 0.2) is 0 Å². The van der Waals surface area contributed by atoms with Crippen molar-refractivity contribution < 1.29 is 8.42 Å². The quantitative estimate of drug-likeness (QED) is 0.877. The van der Waals surface area contributed by atoms with Crippen LogP contribution < -0.4 is 5.32 Å². The first-order valence-corrected chi connectivity index (χ1v) is 9.57. The summed E-state index contributed by atoms with van der Waals surface area (Å²) in [6, 6.07) is 3.62. The number of sulfonamides is 1. The highest BCUT2D eigenvalue weighted by Crippen LogP contribution is 2.26. The molecule has 2 heterocycles. The van der Waals surface area contributed by atoms with Gasteiger partial charge in [-0.25, -0.2) is 8.42 Å². The summed E-state index contributed by atoms with van der Waals surface area (Å²) in [7, 11) is -3.31. The van der Waals surface area contributed by atoms with Crippen LogP contribution in [-0.4, -0.2) is 38.9 Å². The normalized spacial score (nSPS) is 17.8. The maximum absolute atomic E-state index is 12.7. The summed E-state index contributed by atoms with van der Waals surface area (Å²) in [5.74, 6) is 0.485. The van der Waals surface area contributed by atoms with E-state index < -0.39 is 10.0 Å². The summed E-state index contributed by atoms with van der Waals surface area (Å²) in [6.07, 6.45) is 2.99. The Labute approximate surface area is 126 Å². The molecule has 114 valence electrons. The van der Waals surface area contributed by atoms with Crippen LogP contribution in [0.25, 0.3) is 0 Å². The molecule has 4 nitrogen and oxygen atoms in total. The highest BCUT2D eigenvalue weighted by molar-refractivity contribution is 7.91. The Bertz CT molecular complexity index is 519. The first-order chi connectivity index (χ1) is 9.54. The largest absolute Gasteiger partial charge is 0.317 e. The third-order valence-corrected chi connectivity index (χ3v) is 7.04. The molecule has 1 aliphatic heterocycles. The minimum atomic E-state index is -3.31. The number of hydrogen-bond donors (Lipinski definition) is 1. The van der Waals surface area contributed by atoms with Gasteiger partial charge >= 0.3 is 0 Å². The van der Waals surface area contributed by atoms with E-state index in [1.54, 1.807) is 10.4 Å². The molecule has 0 radical (unpaired) electrons. The zero-order chi connectivity index (χ0) is 14.6. The average Bonchev–Trinajstić information content (AvgIpc) is 2.87. The number of hydrogen-bond acceptors (Lipinski definition) is 4. The summed E-state index contributed by atoms with van der Waals surface area (Å²) in [5.41, 5.74) is 0. The molecule has 0 spiro atoms. The van der Waals surface area contributed by atoms with Gasteiger partial charge in [-0.2, -0.15) is 4.31 Å². The van der Waals surface area contributed by atoms with Gasteiger partial charge in [0, 0.05) is 18.0 Å². The fourth-order valence-electron chi connectivity index (χ4n) is 2.59. The van der Waals surface area contributed by atoms with E-state index in [1.807, 2.05) is 19.9 Å². The molecule has 6 heteroatoms. The Morgan fingerprint density at radius 2 is 2.05 bits per heavy atom. The third-order valence-electron chi connectivity index (χ3n) is 3.70. The molecule has 1 aromatic heterocycles. The Morgan fingerprint density at radius 3 is 2.60 bits per heavy atom. The fraction of sp³-hybridized carbons (Fsp3) is 0.714. The number of piperidine rings is 1. The van der Waals surface area contributed by atoms with Gasteiger partial charge in [0.1, 0.15) is 4.21 Å². The number of nitrogens with zero attached hydrogens (tertiary/aromatic N) is 1. The van der Waals surface area contributed by atoms with Crippen molar-refractivity contribution in [2.24, 2.45) is 5.92 Å². The van der Waals surface area contributed by atoms with Gasteiger partial charge < -0.3 is 5.32 Å². The molecule has 0 atom stereocenters. The van der Waals surface area contributed by atoms with E-state index in [1.165, 1.54) is 11.3 Å². The molecule has 0 unspecified atom stereocenters. The second-order valence-corrected chi connectivity index (χ2v) is 8.87. The number of thiophene rings is 1. The second-order valence-electron chi connectivity index (χ2n) is 5.42. The molecule has 2 rings (SSSR count). The van der Waals surface area contributed by atoms with Crippen LogP contribution in [0.15, 0.2) is 16.3 Å². The maximum atomic E-state index is 12.7. The van der Waals surface area contributed by atoms with Gasteiger partial charge in [0.2, 0.25) is 0 Å². The van der Waals surface area contributed by atoms with E-state index in [9.17, 15) is 8.42 Å². The van der Waals surface area contributed by atoms with Crippen molar-refractivity contribution in [2.45, 2.75) is 37.3 Å². The second kappa shape index (κ2) is 7.02. The van der Waals surface area contributed by atoms with E-state index in [0.717, 1.165) is 37.2 Å². The molecule has 0 aliphatic carbocycles. The van der Waals surface area contributed by atoms with Crippen LogP contribution in [0.4, 0.5) is 0 Å². The predicted octanol–water partition coefficient (Wildman–Crippen LogP) is 2.46. The van der Waals surface area contributed by atoms with Gasteiger partial charge in [-0.3, -0.25) is 0 Å². The highest BCUT2D eigenvalue weighted by atomic mass is 32.2. The number of nitrogens with one attached hydrogen (secondary N) is 1. The van der Waals surface area contributed by atoms with E-state index in [2.05, 4.69) is 5.32 Å². The smallest absolute Gasteiger partial charge is 0.252 e. The molecular formula is C14H24N2O2S2. The topological polar surface area (TPSA) is 49.4 Å². The summed E-state index contributed by atoms with van der Waals surface area (Å²) < 4.78 is 27.6. The van der Waals surface area contributed by atoms with Crippen molar-refractivity contribution in [3.63, 3.8) is 0 Å². The van der Waals surface area contributed by atoms with Gasteiger partial charge in [0.25, 0.3) is 10.0 Å². The lowest BCUT2D eigenvalue weighted by Gasteiger charge is -2.29. The predicted molar refractivity (Wildman–Crippen MR) is 83.7 cm³/mol. The third kappa shape index (κ3) is 3.81. The van der Waals surface area contributed by atoms with Crippen LogP contribution in [0.5, 0.6) is 0 Å². The zero-order valence-electron chi connectivity index (χ0n) is 12.3. The van der Waals surface area contributed by atoms with Gasteiger partial charge in [-0.05, 0) is 57.3 Å². The molecule has 0 amide bonds. The first-order valence-electron chi connectivity index (χ1n) is 7.31. The van der Waals surface area contributed by atoms with Crippen molar-refractivity contribution in [3.05, 3.63) is 17.0 Å². The van der Waals surface area contributed by atoms with E-state index in [0.29, 0.717) is 23.2 Å². The number of aryl methyl sites for hydroxylation is 1. The van der Waals surface area contributed by atoms with Crippen LogP contribution in [-0.2, 0) is 10.0 Å². The summed E-state index contributed by atoms with van der Waals surface area (Å²) in [6.45, 7) is 7.26. The van der Waals surface area contributed by atoms with Crippen LogP contribution in [0.3, 0.4) is 0 Å².